The molecular weight excluding hydrogens is 238 g/mol. The van der Waals surface area contributed by atoms with E-state index in [9.17, 15) is 4.79 Å². The normalized spacial score (nSPS) is 22.6. The van der Waals surface area contributed by atoms with E-state index < -0.39 is 5.79 Å². The van der Waals surface area contributed by atoms with Crippen LogP contribution in [0.2, 0.25) is 0 Å². The maximum Gasteiger partial charge on any atom is 0.225 e. The molecule has 1 saturated heterocycles. The fourth-order valence-electron chi connectivity index (χ4n) is 1.73. The summed E-state index contributed by atoms with van der Waals surface area (Å²) in [6.07, 6.45) is 0.395. The molecule has 0 aromatic carbocycles. The summed E-state index contributed by atoms with van der Waals surface area (Å²) in [5.41, 5.74) is 0. The standard InChI is InChI=1S/C12H17NO3S/c1-12(2)15-8-9(16-12)7-13-11(14)6-10-4-3-5-17-10/h3-5,9H,6-8H2,1-2H3,(H,13,14). The van der Waals surface area contributed by atoms with E-state index in [0.29, 0.717) is 19.6 Å². The summed E-state index contributed by atoms with van der Waals surface area (Å²) < 4.78 is 11.0. The van der Waals surface area contributed by atoms with Gasteiger partial charge in [-0.1, -0.05) is 6.07 Å². The van der Waals surface area contributed by atoms with Crippen LogP contribution in [0.5, 0.6) is 0 Å². The van der Waals surface area contributed by atoms with Crippen LogP contribution >= 0.6 is 11.3 Å². The number of thiophene rings is 1. The predicted molar refractivity (Wildman–Crippen MR) is 65.9 cm³/mol. The van der Waals surface area contributed by atoms with Crippen molar-refractivity contribution in [3.8, 4) is 0 Å². The molecule has 1 aliphatic rings. The number of carbonyl (C=O) groups excluding carboxylic acids is 1. The van der Waals surface area contributed by atoms with Crippen LogP contribution in [0.25, 0.3) is 0 Å². The van der Waals surface area contributed by atoms with Gasteiger partial charge in [-0.25, -0.2) is 0 Å². The van der Waals surface area contributed by atoms with Gasteiger partial charge < -0.3 is 14.8 Å². The molecule has 1 amide bonds. The Morgan fingerprint density at radius 1 is 1.65 bits per heavy atom. The minimum atomic E-state index is -0.525. The maximum absolute atomic E-state index is 11.6. The number of hydrogen-bond donors (Lipinski definition) is 1. The third-order valence-corrected chi connectivity index (χ3v) is 3.39. The van der Waals surface area contributed by atoms with Crippen LogP contribution in [-0.2, 0) is 20.7 Å². The number of hydrogen-bond acceptors (Lipinski definition) is 4. The largest absolute Gasteiger partial charge is 0.353 e. The Labute approximate surface area is 105 Å². The zero-order chi connectivity index (χ0) is 12.3. The molecule has 17 heavy (non-hydrogen) atoms. The highest BCUT2D eigenvalue weighted by Gasteiger charge is 2.32. The van der Waals surface area contributed by atoms with E-state index in [2.05, 4.69) is 5.32 Å². The van der Waals surface area contributed by atoms with Gasteiger partial charge in [-0.15, -0.1) is 11.3 Å². The molecule has 5 heteroatoms. The molecule has 4 nitrogen and oxygen atoms in total. The fraction of sp³-hybridized carbons (Fsp3) is 0.583. The van der Waals surface area contributed by atoms with Gasteiger partial charge in [0.25, 0.3) is 0 Å². The molecule has 0 bridgehead atoms. The first-order chi connectivity index (χ1) is 8.05. The van der Waals surface area contributed by atoms with Gasteiger partial charge in [-0.05, 0) is 25.3 Å². The first-order valence-corrected chi connectivity index (χ1v) is 6.54. The molecule has 1 atom stereocenters. The zero-order valence-electron chi connectivity index (χ0n) is 10.1. The molecule has 1 aliphatic heterocycles. The smallest absolute Gasteiger partial charge is 0.225 e. The van der Waals surface area contributed by atoms with Crippen LogP contribution in [0, 0.1) is 0 Å². The van der Waals surface area contributed by atoms with Crippen LogP contribution in [0.1, 0.15) is 18.7 Å². The molecule has 1 N–H and O–H groups in total. The van der Waals surface area contributed by atoms with Gasteiger partial charge in [0.1, 0.15) is 6.10 Å². The summed E-state index contributed by atoms with van der Waals surface area (Å²) in [7, 11) is 0. The summed E-state index contributed by atoms with van der Waals surface area (Å²) in [6, 6.07) is 3.91. The minimum absolute atomic E-state index is 0.0285. The van der Waals surface area contributed by atoms with Gasteiger partial charge in [-0.2, -0.15) is 0 Å². The molecule has 1 fully saturated rings. The summed E-state index contributed by atoms with van der Waals surface area (Å²) in [6.45, 7) is 4.79. The Morgan fingerprint density at radius 2 is 2.47 bits per heavy atom. The second kappa shape index (κ2) is 5.16. The summed E-state index contributed by atoms with van der Waals surface area (Å²) in [5, 5.41) is 4.83. The van der Waals surface area contributed by atoms with Gasteiger partial charge in [0, 0.05) is 11.4 Å². The van der Waals surface area contributed by atoms with Crippen LogP contribution in [-0.4, -0.2) is 30.9 Å². The van der Waals surface area contributed by atoms with Crippen molar-refractivity contribution in [3.63, 3.8) is 0 Å². The van der Waals surface area contributed by atoms with Crippen molar-refractivity contribution in [1.82, 2.24) is 5.32 Å². The summed E-state index contributed by atoms with van der Waals surface area (Å²) >= 11 is 1.59. The molecule has 1 aromatic rings. The molecule has 0 saturated carbocycles. The zero-order valence-corrected chi connectivity index (χ0v) is 10.9. The highest BCUT2D eigenvalue weighted by molar-refractivity contribution is 7.10. The second-order valence-electron chi connectivity index (χ2n) is 4.51. The molecule has 1 aromatic heterocycles. The van der Waals surface area contributed by atoms with Gasteiger partial charge in [0.05, 0.1) is 13.0 Å². The summed E-state index contributed by atoms with van der Waals surface area (Å²) in [5.74, 6) is -0.496. The molecule has 0 radical (unpaired) electrons. The van der Waals surface area contributed by atoms with E-state index in [1.54, 1.807) is 11.3 Å². The van der Waals surface area contributed by atoms with Gasteiger partial charge >= 0.3 is 0 Å². The first-order valence-electron chi connectivity index (χ1n) is 5.66. The van der Waals surface area contributed by atoms with Crippen molar-refractivity contribution in [2.75, 3.05) is 13.2 Å². The number of nitrogens with one attached hydrogen (secondary N) is 1. The quantitative estimate of drug-likeness (QED) is 0.888. The monoisotopic (exact) mass is 255 g/mol. The first kappa shape index (κ1) is 12.5. The van der Waals surface area contributed by atoms with Crippen LogP contribution < -0.4 is 5.32 Å². The fourth-order valence-corrected chi connectivity index (χ4v) is 2.43. The van der Waals surface area contributed by atoms with Crippen LogP contribution in [0.4, 0.5) is 0 Å². The lowest BCUT2D eigenvalue weighted by atomic mass is 10.3. The van der Waals surface area contributed by atoms with E-state index in [0.717, 1.165) is 4.88 Å². The Bertz CT molecular complexity index is 375. The van der Waals surface area contributed by atoms with E-state index in [1.165, 1.54) is 0 Å². The summed E-state index contributed by atoms with van der Waals surface area (Å²) in [4.78, 5) is 12.7. The topological polar surface area (TPSA) is 47.6 Å². The second-order valence-corrected chi connectivity index (χ2v) is 5.54. The van der Waals surface area contributed by atoms with E-state index in [-0.39, 0.29) is 12.0 Å². The van der Waals surface area contributed by atoms with Crippen molar-refractivity contribution < 1.29 is 14.3 Å². The maximum atomic E-state index is 11.6. The van der Waals surface area contributed by atoms with Crippen molar-refractivity contribution in [2.45, 2.75) is 32.2 Å². The van der Waals surface area contributed by atoms with E-state index in [1.807, 2.05) is 31.4 Å². The molecule has 0 spiro atoms. The lowest BCUT2D eigenvalue weighted by Crippen LogP contribution is -2.35. The van der Waals surface area contributed by atoms with E-state index in [4.69, 9.17) is 9.47 Å². The molecule has 2 heterocycles. The van der Waals surface area contributed by atoms with Gasteiger partial charge in [0.15, 0.2) is 5.79 Å². The van der Waals surface area contributed by atoms with Crippen LogP contribution in [0.3, 0.4) is 0 Å². The average Bonchev–Trinajstić information content (AvgIpc) is 2.85. The molecule has 2 rings (SSSR count). The highest BCUT2D eigenvalue weighted by atomic mass is 32.1. The van der Waals surface area contributed by atoms with Gasteiger partial charge in [-0.3, -0.25) is 4.79 Å². The van der Waals surface area contributed by atoms with Gasteiger partial charge in [0.2, 0.25) is 5.91 Å². The lowest BCUT2D eigenvalue weighted by Gasteiger charge is -2.17. The number of carbonyl (C=O) groups is 1. The highest BCUT2D eigenvalue weighted by Crippen LogP contribution is 2.21. The average molecular weight is 255 g/mol. The Morgan fingerprint density at radius 3 is 3.06 bits per heavy atom. The molecule has 0 aliphatic carbocycles. The number of ether oxygens (including phenoxy) is 2. The Kier molecular flexibility index (Phi) is 3.81. The predicted octanol–water partition coefficient (Wildman–Crippen LogP) is 1.56. The third kappa shape index (κ3) is 3.80. The van der Waals surface area contributed by atoms with Crippen molar-refractivity contribution in [3.05, 3.63) is 22.4 Å². The lowest BCUT2D eigenvalue weighted by molar-refractivity contribution is -0.139. The van der Waals surface area contributed by atoms with Crippen LogP contribution in [0.15, 0.2) is 17.5 Å². The molecule has 1 unspecified atom stereocenters. The Balaban J connectivity index is 1.70. The SMILES string of the molecule is CC1(C)OCC(CNC(=O)Cc2cccs2)O1. The number of rotatable bonds is 4. The Hall–Kier alpha value is -0.910. The third-order valence-electron chi connectivity index (χ3n) is 2.51. The van der Waals surface area contributed by atoms with Crippen molar-refractivity contribution >= 4 is 17.2 Å². The molecular formula is C12H17NO3S. The number of amides is 1. The minimum Gasteiger partial charge on any atom is -0.353 e. The van der Waals surface area contributed by atoms with E-state index >= 15 is 0 Å². The van der Waals surface area contributed by atoms with Crippen molar-refractivity contribution in [2.24, 2.45) is 0 Å². The van der Waals surface area contributed by atoms with Crippen molar-refractivity contribution in [1.29, 1.82) is 0 Å². The molecule has 94 valence electrons.